The fraction of sp³-hybridized carbons (Fsp3) is 0.111. The number of carboxylic acid groups (broad SMARTS) is 1. The number of carbonyl (C=O) groups is 2. The molecular weight excluding hydrogens is 280 g/mol. The Hall–Kier alpha value is -2.72. The predicted octanol–water partition coefficient (Wildman–Crippen LogP) is 3.34. The van der Waals surface area contributed by atoms with Gasteiger partial charge in [-0.3, -0.25) is 9.59 Å². The first-order valence-electron chi connectivity index (χ1n) is 6.65. The zero-order valence-corrected chi connectivity index (χ0v) is 12.3. The van der Waals surface area contributed by atoms with Gasteiger partial charge in [-0.25, -0.2) is 0 Å². The highest BCUT2D eigenvalue weighted by Gasteiger charge is 2.20. The quantitative estimate of drug-likeness (QED) is 0.849. The molecule has 0 aliphatic heterocycles. The molecule has 0 spiro atoms. The summed E-state index contributed by atoms with van der Waals surface area (Å²) in [7, 11) is 0. The van der Waals surface area contributed by atoms with E-state index < -0.39 is 12.1 Å². The average Bonchev–Trinajstić information content (AvgIpc) is 2.53. The van der Waals surface area contributed by atoms with E-state index in [1.165, 1.54) is 0 Å². The Morgan fingerprint density at radius 3 is 2.09 bits per heavy atom. The maximum Gasteiger partial charge on any atom is 0.300 e. The van der Waals surface area contributed by atoms with Gasteiger partial charge in [0.15, 0.2) is 5.78 Å². The first-order chi connectivity index (χ1) is 10.5. The number of carbonyl (C=O) groups excluding carboxylic acids is 1. The van der Waals surface area contributed by atoms with Crippen LogP contribution in [0.5, 0.6) is 0 Å². The SMILES string of the molecule is C=Cc1ccccc1C(=O)C(O)c1ccccc1.CC(=O)O. The van der Waals surface area contributed by atoms with Crippen molar-refractivity contribution in [2.24, 2.45) is 0 Å². The summed E-state index contributed by atoms with van der Waals surface area (Å²) >= 11 is 0. The van der Waals surface area contributed by atoms with Gasteiger partial charge in [0, 0.05) is 12.5 Å². The molecule has 2 N–H and O–H groups in total. The number of hydrogen-bond acceptors (Lipinski definition) is 3. The summed E-state index contributed by atoms with van der Waals surface area (Å²) in [6.07, 6.45) is 0.484. The van der Waals surface area contributed by atoms with Crippen LogP contribution in [0.25, 0.3) is 6.08 Å². The average molecular weight is 298 g/mol. The van der Waals surface area contributed by atoms with E-state index in [1.807, 2.05) is 12.1 Å². The molecule has 0 heterocycles. The van der Waals surface area contributed by atoms with Crippen LogP contribution in [0.4, 0.5) is 0 Å². The van der Waals surface area contributed by atoms with Crippen LogP contribution in [-0.2, 0) is 4.79 Å². The Balaban J connectivity index is 0.000000541. The Labute approximate surface area is 129 Å². The molecule has 0 amide bonds. The van der Waals surface area contributed by atoms with Crippen molar-refractivity contribution in [2.45, 2.75) is 13.0 Å². The smallest absolute Gasteiger partial charge is 0.300 e. The lowest BCUT2D eigenvalue weighted by Crippen LogP contribution is -2.13. The molecule has 114 valence electrons. The van der Waals surface area contributed by atoms with Crippen molar-refractivity contribution in [3.63, 3.8) is 0 Å². The second-order valence-electron chi connectivity index (χ2n) is 4.49. The number of hydrogen-bond donors (Lipinski definition) is 2. The minimum Gasteiger partial charge on any atom is -0.481 e. The van der Waals surface area contributed by atoms with Crippen molar-refractivity contribution in [1.82, 2.24) is 0 Å². The number of aliphatic hydroxyl groups excluding tert-OH is 1. The number of carboxylic acids is 1. The van der Waals surface area contributed by atoms with Gasteiger partial charge in [-0.1, -0.05) is 67.3 Å². The molecule has 2 rings (SSSR count). The first-order valence-corrected chi connectivity index (χ1v) is 6.65. The number of rotatable bonds is 4. The van der Waals surface area contributed by atoms with Crippen LogP contribution in [0.15, 0.2) is 61.2 Å². The normalized spacial score (nSPS) is 10.8. The number of Topliss-reactive ketones (excluding diaryl/α,β-unsaturated/α-hetero) is 1. The van der Waals surface area contributed by atoms with E-state index in [-0.39, 0.29) is 5.78 Å². The van der Waals surface area contributed by atoms with Crippen LogP contribution in [-0.4, -0.2) is 22.0 Å². The van der Waals surface area contributed by atoms with E-state index in [9.17, 15) is 9.90 Å². The molecule has 2 aromatic carbocycles. The molecule has 0 saturated carbocycles. The lowest BCUT2D eigenvalue weighted by Gasteiger charge is -2.11. The molecule has 1 atom stereocenters. The predicted molar refractivity (Wildman–Crippen MR) is 85.6 cm³/mol. The molecule has 4 heteroatoms. The summed E-state index contributed by atoms with van der Waals surface area (Å²) in [6, 6.07) is 16.0. The van der Waals surface area contributed by atoms with Gasteiger partial charge < -0.3 is 10.2 Å². The molecule has 0 aromatic heterocycles. The van der Waals surface area contributed by atoms with Crippen LogP contribution in [0.1, 0.15) is 34.5 Å². The van der Waals surface area contributed by atoms with E-state index >= 15 is 0 Å². The van der Waals surface area contributed by atoms with Crippen LogP contribution in [0.2, 0.25) is 0 Å². The molecule has 0 radical (unpaired) electrons. The minimum atomic E-state index is -1.13. The first kappa shape index (κ1) is 17.3. The van der Waals surface area contributed by atoms with Gasteiger partial charge in [-0.05, 0) is 11.1 Å². The van der Waals surface area contributed by atoms with E-state index in [0.717, 1.165) is 12.5 Å². The van der Waals surface area contributed by atoms with Gasteiger partial charge in [0.2, 0.25) is 0 Å². The highest BCUT2D eigenvalue weighted by atomic mass is 16.4. The summed E-state index contributed by atoms with van der Waals surface area (Å²) in [4.78, 5) is 21.2. The van der Waals surface area contributed by atoms with E-state index in [2.05, 4.69) is 6.58 Å². The maximum atomic E-state index is 12.2. The lowest BCUT2D eigenvalue weighted by atomic mass is 9.96. The topological polar surface area (TPSA) is 74.6 Å². The van der Waals surface area contributed by atoms with Crippen LogP contribution in [0, 0.1) is 0 Å². The van der Waals surface area contributed by atoms with E-state index in [1.54, 1.807) is 48.5 Å². The monoisotopic (exact) mass is 298 g/mol. The van der Waals surface area contributed by atoms with Gasteiger partial charge in [-0.2, -0.15) is 0 Å². The summed E-state index contributed by atoms with van der Waals surface area (Å²) in [5.74, 6) is -1.14. The van der Waals surface area contributed by atoms with Crippen LogP contribution in [0.3, 0.4) is 0 Å². The summed E-state index contributed by atoms with van der Waals surface area (Å²) in [6.45, 7) is 4.76. The zero-order chi connectivity index (χ0) is 16.5. The Kier molecular flexibility index (Phi) is 6.73. The number of benzene rings is 2. The highest BCUT2D eigenvalue weighted by molar-refractivity contribution is 6.02. The second-order valence-corrected chi connectivity index (χ2v) is 4.49. The van der Waals surface area contributed by atoms with Gasteiger partial charge >= 0.3 is 0 Å². The Morgan fingerprint density at radius 1 is 1.05 bits per heavy atom. The van der Waals surface area contributed by atoms with Gasteiger partial charge in [0.25, 0.3) is 5.97 Å². The standard InChI is InChI=1S/C16H14O2.C2H4O2/c1-2-12-8-6-7-11-14(12)16(18)15(17)13-9-4-3-5-10-13;1-2(3)4/h2-11,15,17H,1H2;1H3,(H,3,4). The number of ketones is 1. The molecule has 0 fully saturated rings. The molecule has 2 aromatic rings. The van der Waals surface area contributed by atoms with Gasteiger partial charge in [0.1, 0.15) is 6.10 Å². The van der Waals surface area contributed by atoms with Gasteiger partial charge in [0.05, 0.1) is 0 Å². The maximum absolute atomic E-state index is 12.2. The third kappa shape index (κ3) is 5.00. The lowest BCUT2D eigenvalue weighted by molar-refractivity contribution is -0.134. The summed E-state index contributed by atoms with van der Waals surface area (Å²) < 4.78 is 0. The third-order valence-corrected chi connectivity index (χ3v) is 2.81. The molecular formula is C18H18O4. The summed E-state index contributed by atoms with van der Waals surface area (Å²) in [5.41, 5.74) is 1.82. The van der Waals surface area contributed by atoms with Crippen molar-refractivity contribution >= 4 is 17.8 Å². The minimum absolute atomic E-state index is 0.309. The zero-order valence-electron chi connectivity index (χ0n) is 12.3. The van der Waals surface area contributed by atoms with E-state index in [4.69, 9.17) is 9.90 Å². The van der Waals surface area contributed by atoms with Gasteiger partial charge in [-0.15, -0.1) is 0 Å². The molecule has 0 bridgehead atoms. The fourth-order valence-corrected chi connectivity index (χ4v) is 1.83. The number of aliphatic carboxylic acids is 1. The second kappa shape index (κ2) is 8.54. The number of aliphatic hydroxyl groups is 1. The Bertz CT molecular complexity index is 643. The largest absolute Gasteiger partial charge is 0.481 e. The van der Waals surface area contributed by atoms with Crippen molar-refractivity contribution < 1.29 is 19.8 Å². The molecule has 0 saturated heterocycles. The molecule has 0 aliphatic rings. The molecule has 22 heavy (non-hydrogen) atoms. The molecule has 1 unspecified atom stereocenters. The van der Waals surface area contributed by atoms with E-state index in [0.29, 0.717) is 11.1 Å². The van der Waals surface area contributed by atoms with Crippen molar-refractivity contribution in [2.75, 3.05) is 0 Å². The van der Waals surface area contributed by atoms with Crippen molar-refractivity contribution in [1.29, 1.82) is 0 Å². The van der Waals surface area contributed by atoms with Crippen LogP contribution < -0.4 is 0 Å². The van der Waals surface area contributed by atoms with Crippen molar-refractivity contribution in [3.8, 4) is 0 Å². The third-order valence-electron chi connectivity index (χ3n) is 2.81. The molecule has 4 nitrogen and oxygen atoms in total. The Morgan fingerprint density at radius 2 is 1.55 bits per heavy atom. The summed E-state index contributed by atoms with van der Waals surface area (Å²) in [5, 5.41) is 17.5. The van der Waals surface area contributed by atoms with Crippen LogP contribution >= 0.6 is 0 Å². The molecule has 0 aliphatic carbocycles. The van der Waals surface area contributed by atoms with Crippen molar-refractivity contribution in [3.05, 3.63) is 77.9 Å². The fourth-order valence-electron chi connectivity index (χ4n) is 1.83. The highest BCUT2D eigenvalue weighted by Crippen LogP contribution is 2.21.